The molecule has 4 nitrogen and oxygen atoms in total. The van der Waals surface area contributed by atoms with Gasteiger partial charge in [-0.1, -0.05) is 29.3 Å². The van der Waals surface area contributed by atoms with Gasteiger partial charge < -0.3 is 0 Å². The van der Waals surface area contributed by atoms with Crippen LogP contribution in [0.5, 0.6) is 0 Å². The first-order chi connectivity index (χ1) is 8.65. The van der Waals surface area contributed by atoms with Crippen molar-refractivity contribution in [2.24, 2.45) is 0 Å². The molecular weight excluding hydrogens is 248 g/mol. The molecule has 3 rings (SSSR count). The minimum Gasteiger partial charge on any atom is -0.283 e. The van der Waals surface area contributed by atoms with Gasteiger partial charge in [0.05, 0.1) is 0 Å². The molecule has 0 aliphatic rings. The predicted molar refractivity (Wildman–Crippen MR) is 71.1 cm³/mol. The van der Waals surface area contributed by atoms with Crippen LogP contribution in [0.2, 0.25) is 5.15 Å². The van der Waals surface area contributed by atoms with Crippen molar-refractivity contribution in [1.82, 2.24) is 19.5 Å². The van der Waals surface area contributed by atoms with Crippen molar-refractivity contribution in [3.63, 3.8) is 0 Å². The average molecular weight is 259 g/mol. The summed E-state index contributed by atoms with van der Waals surface area (Å²) in [5.41, 5.74) is 3.59. The molecule has 0 aliphatic carbocycles. The van der Waals surface area contributed by atoms with Gasteiger partial charge in [-0.25, -0.2) is 15.0 Å². The molecule has 0 unspecified atom stereocenters. The molecule has 0 radical (unpaired) electrons. The Kier molecular flexibility index (Phi) is 2.52. The van der Waals surface area contributed by atoms with Gasteiger partial charge in [0.2, 0.25) is 0 Å². The van der Waals surface area contributed by atoms with Gasteiger partial charge in [-0.3, -0.25) is 4.57 Å². The Morgan fingerprint density at radius 2 is 1.78 bits per heavy atom. The zero-order valence-electron chi connectivity index (χ0n) is 10.1. The van der Waals surface area contributed by atoms with E-state index in [1.807, 2.05) is 23.6 Å². The Morgan fingerprint density at radius 1 is 1.06 bits per heavy atom. The first-order valence-corrected chi connectivity index (χ1v) is 5.97. The van der Waals surface area contributed by atoms with E-state index < -0.39 is 0 Å². The molecule has 5 heteroatoms. The van der Waals surface area contributed by atoms with Crippen LogP contribution in [0, 0.1) is 13.8 Å². The van der Waals surface area contributed by atoms with Gasteiger partial charge in [-0.15, -0.1) is 0 Å². The van der Waals surface area contributed by atoms with Crippen LogP contribution in [-0.2, 0) is 0 Å². The Hall–Kier alpha value is -1.94. The van der Waals surface area contributed by atoms with Crippen LogP contribution in [0.15, 0.2) is 30.6 Å². The summed E-state index contributed by atoms with van der Waals surface area (Å²) in [6, 6.07) is 8.16. The van der Waals surface area contributed by atoms with Crippen molar-refractivity contribution < 1.29 is 0 Å². The summed E-state index contributed by atoms with van der Waals surface area (Å²) in [4.78, 5) is 12.8. The lowest BCUT2D eigenvalue weighted by atomic mass is 10.2. The third-order valence-electron chi connectivity index (χ3n) is 2.78. The highest BCUT2D eigenvalue weighted by Crippen LogP contribution is 2.21. The molecule has 0 spiro atoms. The van der Waals surface area contributed by atoms with Crippen LogP contribution in [0.25, 0.3) is 16.9 Å². The van der Waals surface area contributed by atoms with Gasteiger partial charge in [-0.2, -0.15) is 0 Å². The molecule has 0 atom stereocenters. The predicted octanol–water partition coefficient (Wildman–Crippen LogP) is 3.09. The molecule has 2 aromatic heterocycles. The maximum absolute atomic E-state index is 6.06. The maximum Gasteiger partial charge on any atom is 0.169 e. The average Bonchev–Trinajstić information content (AvgIpc) is 2.74. The second-order valence-electron chi connectivity index (χ2n) is 4.18. The highest BCUT2D eigenvalue weighted by molar-refractivity contribution is 6.33. The third kappa shape index (κ3) is 1.75. The van der Waals surface area contributed by atoms with Crippen LogP contribution in [0.3, 0.4) is 0 Å². The lowest BCUT2D eigenvalue weighted by Crippen LogP contribution is -1.96. The summed E-state index contributed by atoms with van der Waals surface area (Å²) in [5, 5.41) is 0.392. The van der Waals surface area contributed by atoms with E-state index in [0.717, 1.165) is 11.3 Å². The van der Waals surface area contributed by atoms with Gasteiger partial charge >= 0.3 is 0 Å². The fourth-order valence-electron chi connectivity index (χ4n) is 1.86. The van der Waals surface area contributed by atoms with Crippen LogP contribution in [0.4, 0.5) is 0 Å². The summed E-state index contributed by atoms with van der Waals surface area (Å²) in [6.07, 6.45) is 1.72. The highest BCUT2D eigenvalue weighted by atomic mass is 35.5. The molecule has 0 saturated heterocycles. The number of hydrogen-bond acceptors (Lipinski definition) is 3. The molecule has 0 fully saturated rings. The van der Waals surface area contributed by atoms with Crippen LogP contribution >= 0.6 is 11.6 Å². The molecule has 18 heavy (non-hydrogen) atoms. The normalized spacial score (nSPS) is 11.1. The number of aromatic nitrogens is 4. The molecule has 90 valence electrons. The maximum atomic E-state index is 6.06. The van der Waals surface area contributed by atoms with E-state index >= 15 is 0 Å². The monoisotopic (exact) mass is 258 g/mol. The molecular formula is C13H11ClN4. The lowest BCUT2D eigenvalue weighted by Gasteiger charge is -2.04. The van der Waals surface area contributed by atoms with Crippen molar-refractivity contribution in [3.05, 3.63) is 47.1 Å². The Bertz CT molecular complexity index is 716. The first-order valence-electron chi connectivity index (χ1n) is 5.59. The molecule has 0 aliphatic heterocycles. The number of nitrogens with zero attached hydrogens (tertiary/aromatic N) is 4. The number of halogens is 1. The third-order valence-corrected chi connectivity index (χ3v) is 3.04. The number of aryl methyl sites for hydroxylation is 2. The minimum atomic E-state index is 0.392. The number of hydrogen-bond donors (Lipinski definition) is 0. The van der Waals surface area contributed by atoms with E-state index in [4.69, 9.17) is 11.6 Å². The van der Waals surface area contributed by atoms with Crippen LogP contribution in [-0.4, -0.2) is 19.5 Å². The summed E-state index contributed by atoms with van der Waals surface area (Å²) in [7, 11) is 0. The van der Waals surface area contributed by atoms with Crippen LogP contribution in [0.1, 0.15) is 11.4 Å². The van der Waals surface area contributed by atoms with Crippen molar-refractivity contribution in [1.29, 1.82) is 0 Å². The van der Waals surface area contributed by atoms with Crippen molar-refractivity contribution in [3.8, 4) is 5.69 Å². The Morgan fingerprint density at radius 3 is 2.50 bits per heavy atom. The summed E-state index contributed by atoms with van der Waals surface area (Å²) in [5.74, 6) is 0.640. The molecule has 1 aromatic carbocycles. The molecule has 0 N–H and O–H groups in total. The molecule has 0 bridgehead atoms. The smallest absolute Gasteiger partial charge is 0.169 e. The van der Waals surface area contributed by atoms with Gasteiger partial charge in [-0.05, 0) is 26.0 Å². The zero-order chi connectivity index (χ0) is 12.7. The highest BCUT2D eigenvalue weighted by Gasteiger charge is 2.11. The second-order valence-corrected chi connectivity index (χ2v) is 4.54. The van der Waals surface area contributed by atoms with Crippen molar-refractivity contribution in [2.75, 3.05) is 0 Å². The molecule has 2 heterocycles. The van der Waals surface area contributed by atoms with E-state index in [1.54, 1.807) is 6.33 Å². The second kappa shape index (κ2) is 4.07. The van der Waals surface area contributed by atoms with E-state index in [1.165, 1.54) is 5.56 Å². The quantitative estimate of drug-likeness (QED) is 0.630. The Balaban J connectivity index is 2.27. The van der Waals surface area contributed by atoms with E-state index in [9.17, 15) is 0 Å². The largest absolute Gasteiger partial charge is 0.283 e. The summed E-state index contributed by atoms with van der Waals surface area (Å²) < 4.78 is 1.91. The Labute approximate surface area is 109 Å². The lowest BCUT2D eigenvalue weighted by molar-refractivity contribution is 1.03. The van der Waals surface area contributed by atoms with Gasteiger partial charge in [0.1, 0.15) is 17.7 Å². The minimum absolute atomic E-state index is 0.392. The molecule has 3 aromatic rings. The fraction of sp³-hybridized carbons (Fsp3) is 0.154. The van der Waals surface area contributed by atoms with Crippen molar-refractivity contribution >= 4 is 22.8 Å². The van der Waals surface area contributed by atoms with E-state index in [2.05, 4.69) is 34.0 Å². The topological polar surface area (TPSA) is 43.6 Å². The summed E-state index contributed by atoms with van der Waals surface area (Å²) >= 11 is 6.06. The van der Waals surface area contributed by atoms with E-state index in [-0.39, 0.29) is 0 Å². The fourth-order valence-corrected chi connectivity index (χ4v) is 2.12. The number of rotatable bonds is 1. The number of imidazole rings is 1. The first kappa shape index (κ1) is 11.2. The van der Waals surface area contributed by atoms with Gasteiger partial charge in [0.25, 0.3) is 0 Å². The van der Waals surface area contributed by atoms with E-state index in [0.29, 0.717) is 16.5 Å². The standard InChI is InChI=1S/C13H11ClN4/c1-8-3-5-10(6-4-8)18-7-15-11-12(14)16-9(2)17-13(11)18/h3-7H,1-2H3. The zero-order valence-corrected chi connectivity index (χ0v) is 10.8. The SMILES string of the molecule is Cc1ccc(-n2cnc3c(Cl)nc(C)nc32)cc1. The summed E-state index contributed by atoms with van der Waals surface area (Å²) in [6.45, 7) is 3.87. The number of fused-ring (bicyclic) bond motifs is 1. The molecule has 0 amide bonds. The number of benzene rings is 1. The van der Waals surface area contributed by atoms with Crippen molar-refractivity contribution in [2.45, 2.75) is 13.8 Å². The van der Waals surface area contributed by atoms with Crippen LogP contribution < -0.4 is 0 Å². The van der Waals surface area contributed by atoms with Gasteiger partial charge in [0.15, 0.2) is 10.8 Å². The van der Waals surface area contributed by atoms with Gasteiger partial charge in [0, 0.05) is 5.69 Å². The molecule has 0 saturated carbocycles.